The molecule has 0 radical (unpaired) electrons. The summed E-state index contributed by atoms with van der Waals surface area (Å²) < 4.78 is 3.79. The van der Waals surface area contributed by atoms with Crippen molar-refractivity contribution in [3.8, 4) is 17.7 Å². The number of aromatic nitrogens is 4. The van der Waals surface area contributed by atoms with Crippen LogP contribution in [0.2, 0.25) is 0 Å². The number of rotatable bonds is 2. The van der Waals surface area contributed by atoms with E-state index in [-0.39, 0.29) is 0 Å². The molecule has 3 aromatic rings. The minimum absolute atomic E-state index is 0.477. The van der Waals surface area contributed by atoms with Crippen molar-refractivity contribution in [1.82, 2.24) is 24.6 Å². The first-order valence-electron chi connectivity index (χ1n) is 7.19. The van der Waals surface area contributed by atoms with Crippen molar-refractivity contribution >= 4 is 0 Å². The summed E-state index contributed by atoms with van der Waals surface area (Å²) in [6, 6.07) is 12.2. The molecule has 1 aliphatic heterocycles. The van der Waals surface area contributed by atoms with Crippen molar-refractivity contribution < 1.29 is 0 Å². The number of benzene rings is 1. The first-order valence-corrected chi connectivity index (χ1v) is 7.19. The highest BCUT2D eigenvalue weighted by Crippen LogP contribution is 2.22. The summed E-state index contributed by atoms with van der Waals surface area (Å²) in [6.45, 7) is 1.57. The van der Waals surface area contributed by atoms with Gasteiger partial charge in [0.2, 0.25) is 5.95 Å². The van der Waals surface area contributed by atoms with Crippen LogP contribution >= 0.6 is 0 Å². The molecule has 3 heterocycles. The molecular weight excluding hydrogens is 276 g/mol. The van der Waals surface area contributed by atoms with Crippen molar-refractivity contribution in [2.24, 2.45) is 0 Å². The van der Waals surface area contributed by atoms with E-state index < -0.39 is 0 Å². The Bertz CT molecular complexity index is 853. The van der Waals surface area contributed by atoms with Gasteiger partial charge in [0.05, 0.1) is 5.69 Å². The second kappa shape index (κ2) is 5.13. The van der Waals surface area contributed by atoms with Crippen LogP contribution in [0.4, 0.5) is 0 Å². The minimum Gasteiger partial charge on any atom is -0.312 e. The number of nitrogens with one attached hydrogen (secondary N) is 1. The number of hydrogen-bond acceptors (Lipinski definition) is 4. The Kier molecular flexibility index (Phi) is 2.99. The van der Waals surface area contributed by atoms with Gasteiger partial charge in [-0.05, 0) is 12.1 Å². The van der Waals surface area contributed by atoms with Gasteiger partial charge in [-0.1, -0.05) is 18.2 Å². The van der Waals surface area contributed by atoms with Crippen molar-refractivity contribution in [2.75, 3.05) is 6.54 Å². The molecule has 0 bridgehead atoms. The lowest BCUT2D eigenvalue weighted by atomic mass is 10.1. The molecule has 6 heteroatoms. The van der Waals surface area contributed by atoms with E-state index in [1.807, 2.05) is 45.8 Å². The van der Waals surface area contributed by atoms with Crippen LogP contribution in [0, 0.1) is 11.3 Å². The fourth-order valence-electron chi connectivity index (χ4n) is 2.85. The average molecular weight is 290 g/mol. The van der Waals surface area contributed by atoms with Crippen molar-refractivity contribution in [1.29, 1.82) is 5.26 Å². The predicted octanol–water partition coefficient (Wildman–Crippen LogP) is 1.58. The van der Waals surface area contributed by atoms with Gasteiger partial charge in [-0.25, -0.2) is 9.67 Å². The molecule has 2 aromatic heterocycles. The van der Waals surface area contributed by atoms with Crippen LogP contribution in [0.1, 0.15) is 17.0 Å². The summed E-state index contributed by atoms with van der Waals surface area (Å²) in [5.41, 5.74) is 3.55. The smallest absolute Gasteiger partial charge is 0.235 e. The Balaban J connectivity index is 1.90. The number of fused-ring (bicyclic) bond motifs is 1. The van der Waals surface area contributed by atoms with E-state index in [4.69, 9.17) is 0 Å². The van der Waals surface area contributed by atoms with Crippen LogP contribution in [0.25, 0.3) is 11.6 Å². The Labute approximate surface area is 127 Å². The van der Waals surface area contributed by atoms with Gasteiger partial charge in [0, 0.05) is 43.2 Å². The van der Waals surface area contributed by atoms with Crippen molar-refractivity contribution in [3.05, 3.63) is 59.7 Å². The highest BCUT2D eigenvalue weighted by Gasteiger charge is 2.23. The molecule has 22 heavy (non-hydrogen) atoms. The molecule has 6 nitrogen and oxygen atoms in total. The zero-order chi connectivity index (χ0) is 14.9. The van der Waals surface area contributed by atoms with Gasteiger partial charge in [0.25, 0.3) is 0 Å². The van der Waals surface area contributed by atoms with Crippen LogP contribution in [0.15, 0.2) is 42.7 Å². The molecule has 1 aromatic carbocycles. The third kappa shape index (κ3) is 1.91. The average Bonchev–Trinajstić information content (AvgIpc) is 3.20. The molecule has 0 spiro atoms. The Morgan fingerprint density at radius 3 is 2.91 bits per heavy atom. The second-order valence-corrected chi connectivity index (χ2v) is 5.16. The molecule has 0 amide bonds. The van der Waals surface area contributed by atoms with E-state index in [1.165, 1.54) is 0 Å². The van der Waals surface area contributed by atoms with Gasteiger partial charge >= 0.3 is 0 Å². The van der Waals surface area contributed by atoms with Gasteiger partial charge < -0.3 is 5.32 Å². The lowest BCUT2D eigenvalue weighted by Gasteiger charge is -2.15. The molecule has 1 aliphatic rings. The summed E-state index contributed by atoms with van der Waals surface area (Å²) in [5.74, 6) is 0.714. The van der Waals surface area contributed by atoms with E-state index >= 15 is 0 Å². The molecule has 1 N–H and O–H groups in total. The second-order valence-electron chi connectivity index (χ2n) is 5.16. The fraction of sp³-hybridized carbons (Fsp3) is 0.188. The summed E-state index contributed by atoms with van der Waals surface area (Å²) in [7, 11) is 0. The summed E-state index contributed by atoms with van der Waals surface area (Å²) in [5, 5.41) is 17.1. The van der Waals surface area contributed by atoms with E-state index in [0.29, 0.717) is 18.2 Å². The van der Waals surface area contributed by atoms with E-state index in [2.05, 4.69) is 21.5 Å². The highest BCUT2D eigenvalue weighted by molar-refractivity contribution is 5.42. The highest BCUT2D eigenvalue weighted by atomic mass is 15.4. The minimum atomic E-state index is 0.477. The van der Waals surface area contributed by atoms with Gasteiger partial charge in [0.1, 0.15) is 6.07 Å². The zero-order valence-electron chi connectivity index (χ0n) is 11.9. The number of para-hydroxylation sites is 1. The van der Waals surface area contributed by atoms with Crippen molar-refractivity contribution in [3.63, 3.8) is 0 Å². The molecule has 108 valence electrons. The molecule has 0 unspecified atom stereocenters. The largest absolute Gasteiger partial charge is 0.312 e. The van der Waals surface area contributed by atoms with Gasteiger partial charge in [-0.3, -0.25) is 4.57 Å². The molecule has 0 atom stereocenters. The monoisotopic (exact) mass is 290 g/mol. The topological polar surface area (TPSA) is 71.5 Å². The number of nitrogens with zero attached hydrogens (tertiary/aromatic N) is 5. The summed E-state index contributed by atoms with van der Waals surface area (Å²) in [6.07, 6.45) is 4.50. The lowest BCUT2D eigenvalue weighted by molar-refractivity contribution is 0.615. The third-order valence-electron chi connectivity index (χ3n) is 3.88. The lowest BCUT2D eigenvalue weighted by Crippen LogP contribution is -2.25. The van der Waals surface area contributed by atoms with Crippen LogP contribution in [-0.4, -0.2) is 25.9 Å². The van der Waals surface area contributed by atoms with E-state index in [9.17, 15) is 5.26 Å². The molecule has 0 saturated heterocycles. The van der Waals surface area contributed by atoms with Crippen molar-refractivity contribution in [2.45, 2.75) is 13.0 Å². The Morgan fingerprint density at radius 1 is 1.23 bits per heavy atom. The van der Waals surface area contributed by atoms with Crippen LogP contribution in [0.3, 0.4) is 0 Å². The Hall–Kier alpha value is -2.91. The quantitative estimate of drug-likeness (QED) is 0.777. The normalized spacial score (nSPS) is 13.6. The number of imidazole rings is 1. The summed E-state index contributed by atoms with van der Waals surface area (Å²) in [4.78, 5) is 4.45. The van der Waals surface area contributed by atoms with Gasteiger partial charge in [-0.2, -0.15) is 10.4 Å². The van der Waals surface area contributed by atoms with Crippen LogP contribution in [-0.2, 0) is 13.0 Å². The SMILES string of the molecule is N#Cc1nn(-c2nccn2-c2ccccc2)c2c1CNCC2. The van der Waals surface area contributed by atoms with Crippen LogP contribution in [0.5, 0.6) is 0 Å². The molecule has 0 aliphatic carbocycles. The third-order valence-corrected chi connectivity index (χ3v) is 3.88. The molecule has 0 saturated carbocycles. The number of nitriles is 1. The first kappa shape index (κ1) is 12.8. The predicted molar refractivity (Wildman–Crippen MR) is 80.8 cm³/mol. The molecular formula is C16H14N6. The van der Waals surface area contributed by atoms with Crippen LogP contribution < -0.4 is 5.32 Å². The van der Waals surface area contributed by atoms with E-state index in [1.54, 1.807) is 6.20 Å². The first-order chi connectivity index (χ1) is 10.9. The van der Waals surface area contributed by atoms with Gasteiger partial charge in [0.15, 0.2) is 5.69 Å². The molecule has 0 fully saturated rings. The standard InChI is InChI=1S/C16H14N6/c17-10-14-13-11-18-7-6-15(13)22(20-14)16-19-8-9-21(16)12-4-2-1-3-5-12/h1-5,8-9,18H,6-7,11H2. The maximum absolute atomic E-state index is 9.31. The van der Waals surface area contributed by atoms with Gasteiger partial charge in [-0.15, -0.1) is 0 Å². The summed E-state index contributed by atoms with van der Waals surface area (Å²) >= 11 is 0. The van der Waals surface area contributed by atoms with E-state index in [0.717, 1.165) is 29.9 Å². The Morgan fingerprint density at radius 2 is 2.09 bits per heavy atom. The fourth-order valence-corrected chi connectivity index (χ4v) is 2.85. The zero-order valence-corrected chi connectivity index (χ0v) is 11.9. The maximum atomic E-state index is 9.31. The maximum Gasteiger partial charge on any atom is 0.235 e. The number of hydrogen-bond donors (Lipinski definition) is 1. The molecule has 4 rings (SSSR count).